The molecule has 1 amide bonds. The van der Waals surface area contributed by atoms with E-state index in [-0.39, 0.29) is 5.91 Å². The third-order valence-corrected chi connectivity index (χ3v) is 4.06. The number of nitrogens with zero attached hydrogens (tertiary/aromatic N) is 1. The van der Waals surface area contributed by atoms with Crippen molar-refractivity contribution in [2.45, 2.75) is 26.0 Å². The van der Waals surface area contributed by atoms with E-state index in [9.17, 15) is 9.59 Å². The first kappa shape index (κ1) is 16.1. The molecule has 1 aliphatic rings. The van der Waals surface area contributed by atoms with Crippen molar-refractivity contribution in [1.82, 2.24) is 0 Å². The van der Waals surface area contributed by atoms with Gasteiger partial charge < -0.3 is 9.47 Å². The van der Waals surface area contributed by atoms with Gasteiger partial charge in [0, 0.05) is 0 Å². The second-order valence-corrected chi connectivity index (χ2v) is 5.78. The van der Waals surface area contributed by atoms with Crippen molar-refractivity contribution in [3.63, 3.8) is 0 Å². The van der Waals surface area contributed by atoms with Crippen molar-refractivity contribution in [3.05, 3.63) is 59.7 Å². The summed E-state index contributed by atoms with van der Waals surface area (Å²) in [6, 6.07) is 13.8. The van der Waals surface area contributed by atoms with Crippen molar-refractivity contribution in [2.24, 2.45) is 0 Å². The van der Waals surface area contributed by atoms with Gasteiger partial charge in [-0.15, -0.1) is 0 Å². The van der Waals surface area contributed by atoms with Crippen LogP contribution in [-0.2, 0) is 14.3 Å². The third kappa shape index (κ3) is 2.73. The van der Waals surface area contributed by atoms with Gasteiger partial charge in [0.1, 0.15) is 5.75 Å². The van der Waals surface area contributed by atoms with Crippen LogP contribution in [0, 0.1) is 6.92 Å². The first-order valence-corrected chi connectivity index (χ1v) is 7.76. The van der Waals surface area contributed by atoms with Gasteiger partial charge in [0.05, 0.1) is 12.8 Å². The molecule has 0 saturated heterocycles. The average Bonchev–Trinajstić information content (AvgIpc) is 2.59. The zero-order chi connectivity index (χ0) is 17.3. The smallest absolute Gasteiger partial charge is 0.333 e. The molecule has 0 N–H and O–H groups in total. The number of carbonyl (C=O) groups excluding carboxylic acids is 2. The van der Waals surface area contributed by atoms with Crippen LogP contribution >= 0.6 is 0 Å². The van der Waals surface area contributed by atoms with Gasteiger partial charge in [0.2, 0.25) is 0 Å². The highest BCUT2D eigenvalue weighted by Crippen LogP contribution is 2.40. The molecule has 0 saturated carbocycles. The molecule has 0 spiro atoms. The molecule has 2 aromatic rings. The largest absolute Gasteiger partial charge is 0.479 e. The summed E-state index contributed by atoms with van der Waals surface area (Å²) in [5, 5.41) is 0. The Morgan fingerprint density at radius 2 is 1.92 bits per heavy atom. The molecule has 5 nitrogen and oxygen atoms in total. The molecule has 1 aliphatic heterocycles. The number of rotatable bonds is 3. The Hall–Kier alpha value is -2.82. The van der Waals surface area contributed by atoms with Gasteiger partial charge in [-0.05, 0) is 37.1 Å². The van der Waals surface area contributed by atoms with Crippen LogP contribution in [0.4, 0.5) is 5.69 Å². The number of methoxy groups -OCH3 is 1. The van der Waals surface area contributed by atoms with Gasteiger partial charge in [0.15, 0.2) is 12.1 Å². The normalized spacial score (nSPS) is 17.7. The molecule has 2 unspecified atom stereocenters. The summed E-state index contributed by atoms with van der Waals surface area (Å²) in [4.78, 5) is 26.8. The van der Waals surface area contributed by atoms with E-state index in [0.29, 0.717) is 17.0 Å². The van der Waals surface area contributed by atoms with Crippen molar-refractivity contribution in [1.29, 1.82) is 0 Å². The number of benzene rings is 2. The minimum absolute atomic E-state index is 0.273. The fourth-order valence-electron chi connectivity index (χ4n) is 2.87. The van der Waals surface area contributed by atoms with Crippen molar-refractivity contribution in [2.75, 3.05) is 12.0 Å². The summed E-state index contributed by atoms with van der Waals surface area (Å²) in [5.74, 6) is -0.173. The quantitative estimate of drug-likeness (QED) is 0.814. The van der Waals surface area contributed by atoms with E-state index in [1.807, 2.05) is 49.4 Å². The Morgan fingerprint density at radius 3 is 2.58 bits per heavy atom. The molecule has 2 aromatic carbocycles. The second kappa shape index (κ2) is 6.35. The van der Waals surface area contributed by atoms with E-state index >= 15 is 0 Å². The van der Waals surface area contributed by atoms with Crippen LogP contribution in [0.3, 0.4) is 0 Å². The third-order valence-electron chi connectivity index (χ3n) is 4.06. The van der Waals surface area contributed by atoms with E-state index in [2.05, 4.69) is 0 Å². The topological polar surface area (TPSA) is 55.8 Å². The predicted octanol–water partition coefficient (Wildman–Crippen LogP) is 3.02. The van der Waals surface area contributed by atoms with Crippen LogP contribution < -0.4 is 9.64 Å². The van der Waals surface area contributed by atoms with E-state index < -0.39 is 18.1 Å². The van der Waals surface area contributed by atoms with Crippen LogP contribution in [0.25, 0.3) is 0 Å². The fourth-order valence-corrected chi connectivity index (χ4v) is 2.87. The maximum atomic E-state index is 12.8. The van der Waals surface area contributed by atoms with Gasteiger partial charge in [-0.1, -0.05) is 36.4 Å². The lowest BCUT2D eigenvalue weighted by molar-refractivity contribution is -0.144. The maximum absolute atomic E-state index is 12.8. The van der Waals surface area contributed by atoms with Crippen LogP contribution in [-0.4, -0.2) is 25.1 Å². The lowest BCUT2D eigenvalue weighted by Gasteiger charge is -2.37. The molecule has 2 atom stereocenters. The minimum Gasteiger partial charge on any atom is -0.479 e. The highest BCUT2D eigenvalue weighted by molar-refractivity contribution is 6.04. The van der Waals surface area contributed by atoms with Crippen molar-refractivity contribution in [3.8, 4) is 5.75 Å². The Bertz CT molecular complexity index is 772. The van der Waals surface area contributed by atoms with Crippen LogP contribution in [0.2, 0.25) is 0 Å². The number of carbonyl (C=O) groups is 2. The molecule has 0 fully saturated rings. The summed E-state index contributed by atoms with van der Waals surface area (Å²) in [6.45, 7) is 3.63. The van der Waals surface area contributed by atoms with Crippen molar-refractivity contribution >= 4 is 17.6 Å². The summed E-state index contributed by atoms with van der Waals surface area (Å²) in [5.41, 5.74) is 2.28. The average molecular weight is 325 g/mol. The van der Waals surface area contributed by atoms with E-state index in [1.54, 1.807) is 13.0 Å². The number of fused-ring (bicyclic) bond motifs is 1. The number of amides is 1. The van der Waals surface area contributed by atoms with Gasteiger partial charge in [-0.3, -0.25) is 9.69 Å². The summed E-state index contributed by atoms with van der Waals surface area (Å²) < 4.78 is 10.7. The fraction of sp³-hybridized carbons (Fsp3) is 0.263. The second-order valence-electron chi connectivity index (χ2n) is 5.78. The number of hydrogen-bond donors (Lipinski definition) is 0. The summed E-state index contributed by atoms with van der Waals surface area (Å²) in [6.07, 6.45) is -0.671. The first-order chi connectivity index (χ1) is 11.5. The van der Waals surface area contributed by atoms with E-state index in [1.165, 1.54) is 12.0 Å². The number of esters is 1. The van der Waals surface area contributed by atoms with Crippen LogP contribution in [0.15, 0.2) is 48.5 Å². The molecule has 124 valence electrons. The monoisotopic (exact) mass is 325 g/mol. The van der Waals surface area contributed by atoms with Crippen LogP contribution in [0.5, 0.6) is 5.75 Å². The Morgan fingerprint density at radius 1 is 1.21 bits per heavy atom. The lowest BCUT2D eigenvalue weighted by Crippen LogP contribution is -2.48. The van der Waals surface area contributed by atoms with Gasteiger partial charge in [-0.25, -0.2) is 4.79 Å². The zero-order valence-electron chi connectivity index (χ0n) is 13.9. The SMILES string of the molecule is COC(=O)C(c1ccccc1)N1C(=O)C(C)Oc2cc(C)ccc21. The molecule has 5 heteroatoms. The van der Waals surface area contributed by atoms with E-state index in [4.69, 9.17) is 9.47 Å². The van der Waals surface area contributed by atoms with Crippen molar-refractivity contribution < 1.29 is 19.1 Å². The van der Waals surface area contributed by atoms with E-state index in [0.717, 1.165) is 5.56 Å². The molecule has 0 aromatic heterocycles. The Kier molecular flexibility index (Phi) is 4.25. The standard InChI is InChI=1S/C19H19NO4/c1-12-9-10-15-16(11-12)24-13(2)18(21)20(15)17(19(22)23-3)14-7-5-4-6-8-14/h4-11,13,17H,1-3H3. The molecule has 24 heavy (non-hydrogen) atoms. The summed E-state index contributed by atoms with van der Waals surface area (Å²) in [7, 11) is 1.32. The predicted molar refractivity (Wildman–Crippen MR) is 90.0 cm³/mol. The number of aryl methyl sites for hydroxylation is 1. The first-order valence-electron chi connectivity index (χ1n) is 7.76. The molecular weight excluding hydrogens is 306 g/mol. The number of ether oxygens (including phenoxy) is 2. The lowest BCUT2D eigenvalue weighted by atomic mass is 10.0. The molecular formula is C19H19NO4. The Labute approximate surface area is 140 Å². The molecule has 0 aliphatic carbocycles. The molecule has 1 heterocycles. The van der Waals surface area contributed by atoms with Gasteiger partial charge >= 0.3 is 5.97 Å². The van der Waals surface area contributed by atoms with Crippen LogP contribution in [0.1, 0.15) is 24.1 Å². The molecule has 3 rings (SSSR count). The molecule has 0 bridgehead atoms. The highest BCUT2D eigenvalue weighted by atomic mass is 16.5. The summed E-state index contributed by atoms with van der Waals surface area (Å²) >= 11 is 0. The minimum atomic E-state index is -0.850. The maximum Gasteiger partial charge on any atom is 0.333 e. The molecule has 0 radical (unpaired) electrons. The highest BCUT2D eigenvalue weighted by Gasteiger charge is 2.40. The number of anilines is 1. The number of hydrogen-bond acceptors (Lipinski definition) is 4. The van der Waals surface area contributed by atoms with Gasteiger partial charge in [0.25, 0.3) is 5.91 Å². The zero-order valence-corrected chi connectivity index (χ0v) is 13.9. The van der Waals surface area contributed by atoms with Gasteiger partial charge in [-0.2, -0.15) is 0 Å². The Balaban J connectivity index is 2.16.